The molecule has 1 unspecified atom stereocenters. The smallest absolute Gasteiger partial charge is 0.193 e. The summed E-state index contributed by atoms with van der Waals surface area (Å²) in [5.41, 5.74) is 8.26. The number of methoxy groups -OCH3 is 2. The first-order valence-electron chi connectivity index (χ1n) is 10.4. The highest BCUT2D eigenvalue weighted by Crippen LogP contribution is 2.29. The first-order chi connectivity index (χ1) is 14.6. The standard InChI is InChI=1S/C23H33N5O2.HI/c1-27-14-15-28(20(17-27)18-8-5-4-6-9-18)13-7-12-25-23(24)26-19-10-11-21(29-2)22(16-19)30-3;/h4-6,8-11,16,20H,7,12-15,17H2,1-3H3,(H3,24,25,26);1H. The van der Waals surface area contributed by atoms with Crippen LogP contribution < -0.4 is 20.5 Å². The Morgan fingerprint density at radius 3 is 2.55 bits per heavy atom. The monoisotopic (exact) mass is 539 g/mol. The maximum Gasteiger partial charge on any atom is 0.193 e. The van der Waals surface area contributed by atoms with Crippen LogP contribution in [0, 0.1) is 0 Å². The van der Waals surface area contributed by atoms with E-state index in [4.69, 9.17) is 15.2 Å². The lowest BCUT2D eigenvalue weighted by Crippen LogP contribution is -2.47. The van der Waals surface area contributed by atoms with Crippen LogP contribution >= 0.6 is 24.0 Å². The molecule has 1 fully saturated rings. The van der Waals surface area contributed by atoms with Gasteiger partial charge in [0, 0.05) is 50.5 Å². The second-order valence-corrected chi connectivity index (χ2v) is 7.54. The molecule has 7 nitrogen and oxygen atoms in total. The summed E-state index contributed by atoms with van der Waals surface area (Å²) in [6.45, 7) is 4.89. The Labute approximate surface area is 202 Å². The fraction of sp³-hybridized carbons (Fsp3) is 0.435. The predicted molar refractivity (Wildman–Crippen MR) is 138 cm³/mol. The lowest BCUT2D eigenvalue weighted by Gasteiger charge is -2.40. The number of rotatable bonds is 8. The zero-order valence-corrected chi connectivity index (χ0v) is 20.9. The van der Waals surface area contributed by atoms with Crippen LogP contribution in [-0.4, -0.2) is 69.8 Å². The number of halogens is 1. The van der Waals surface area contributed by atoms with Gasteiger partial charge < -0.3 is 25.4 Å². The van der Waals surface area contributed by atoms with Crippen LogP contribution in [0.1, 0.15) is 18.0 Å². The van der Waals surface area contributed by atoms with Crippen molar-refractivity contribution in [3.05, 3.63) is 54.1 Å². The molecule has 1 aliphatic heterocycles. The minimum Gasteiger partial charge on any atom is -0.493 e. The molecule has 170 valence electrons. The summed E-state index contributed by atoms with van der Waals surface area (Å²) in [4.78, 5) is 9.45. The molecule has 0 aromatic heterocycles. The summed E-state index contributed by atoms with van der Waals surface area (Å²) in [7, 11) is 5.42. The van der Waals surface area contributed by atoms with Gasteiger partial charge in [0.1, 0.15) is 0 Å². The van der Waals surface area contributed by atoms with Crippen molar-refractivity contribution >= 4 is 35.6 Å². The van der Waals surface area contributed by atoms with Crippen LogP contribution in [-0.2, 0) is 0 Å². The second kappa shape index (κ2) is 12.7. The summed E-state index contributed by atoms with van der Waals surface area (Å²) in [6, 6.07) is 16.7. The number of hydrogen-bond donors (Lipinski definition) is 2. The Kier molecular flexibility index (Phi) is 10.4. The zero-order valence-electron chi connectivity index (χ0n) is 18.6. The molecule has 2 aromatic rings. The topological polar surface area (TPSA) is 75.4 Å². The van der Waals surface area contributed by atoms with Gasteiger partial charge in [-0.3, -0.25) is 9.89 Å². The van der Waals surface area contributed by atoms with Gasteiger partial charge in [0.25, 0.3) is 0 Å². The third kappa shape index (κ3) is 7.26. The quantitative estimate of drug-likeness (QED) is 0.232. The summed E-state index contributed by atoms with van der Waals surface area (Å²) < 4.78 is 10.6. The fourth-order valence-corrected chi connectivity index (χ4v) is 3.79. The molecule has 1 atom stereocenters. The molecule has 1 saturated heterocycles. The number of likely N-dealkylation sites (N-methyl/N-ethyl adjacent to an activating group) is 1. The molecule has 0 spiro atoms. The van der Waals surface area contributed by atoms with E-state index in [0.29, 0.717) is 30.0 Å². The molecule has 0 amide bonds. The molecule has 3 N–H and O–H groups in total. The summed E-state index contributed by atoms with van der Waals surface area (Å²) in [5.74, 6) is 1.73. The number of nitrogens with zero attached hydrogens (tertiary/aromatic N) is 3. The van der Waals surface area contributed by atoms with Crippen LogP contribution in [0.5, 0.6) is 11.5 Å². The molecule has 0 saturated carbocycles. The average Bonchev–Trinajstić information content (AvgIpc) is 2.78. The molecule has 0 aliphatic carbocycles. The molecular formula is C23H34IN5O2. The molecule has 3 rings (SSSR count). The third-order valence-corrected chi connectivity index (χ3v) is 5.42. The minimum atomic E-state index is 0. The van der Waals surface area contributed by atoms with Crippen molar-refractivity contribution in [1.82, 2.24) is 9.80 Å². The molecule has 1 heterocycles. The van der Waals surface area contributed by atoms with Crippen molar-refractivity contribution < 1.29 is 9.47 Å². The predicted octanol–water partition coefficient (Wildman–Crippen LogP) is 3.43. The van der Waals surface area contributed by atoms with Gasteiger partial charge in [0.2, 0.25) is 0 Å². The van der Waals surface area contributed by atoms with E-state index < -0.39 is 0 Å². The van der Waals surface area contributed by atoms with Gasteiger partial charge in [-0.2, -0.15) is 0 Å². The maximum atomic E-state index is 6.07. The number of aliphatic imine (C=N–C) groups is 1. The van der Waals surface area contributed by atoms with Gasteiger partial charge in [-0.15, -0.1) is 24.0 Å². The van der Waals surface area contributed by atoms with E-state index in [-0.39, 0.29) is 24.0 Å². The number of hydrogen-bond acceptors (Lipinski definition) is 5. The van der Waals surface area contributed by atoms with E-state index in [1.165, 1.54) is 5.56 Å². The Bertz CT molecular complexity index is 834. The number of piperazine rings is 1. The van der Waals surface area contributed by atoms with Gasteiger partial charge in [0.05, 0.1) is 14.2 Å². The highest BCUT2D eigenvalue weighted by atomic mass is 127. The molecule has 0 bridgehead atoms. The molecule has 8 heteroatoms. The average molecular weight is 539 g/mol. The van der Waals surface area contributed by atoms with E-state index in [9.17, 15) is 0 Å². The molecule has 31 heavy (non-hydrogen) atoms. The van der Waals surface area contributed by atoms with E-state index in [2.05, 4.69) is 57.5 Å². The Balaban J connectivity index is 0.00000341. The lowest BCUT2D eigenvalue weighted by molar-refractivity contribution is 0.0894. The van der Waals surface area contributed by atoms with Crippen LogP contribution in [0.3, 0.4) is 0 Å². The normalized spacial score (nSPS) is 17.6. The van der Waals surface area contributed by atoms with Crippen LogP contribution in [0.2, 0.25) is 0 Å². The number of anilines is 1. The van der Waals surface area contributed by atoms with Crippen molar-refractivity contribution in [2.75, 3.05) is 59.3 Å². The zero-order chi connectivity index (χ0) is 21.3. The minimum absolute atomic E-state index is 0. The van der Waals surface area contributed by atoms with Gasteiger partial charge in [-0.1, -0.05) is 30.3 Å². The highest BCUT2D eigenvalue weighted by molar-refractivity contribution is 14.0. The molecule has 1 aliphatic rings. The van der Waals surface area contributed by atoms with Crippen molar-refractivity contribution in [3.63, 3.8) is 0 Å². The van der Waals surface area contributed by atoms with Gasteiger partial charge >= 0.3 is 0 Å². The number of benzene rings is 2. The summed E-state index contributed by atoms with van der Waals surface area (Å²) >= 11 is 0. The maximum absolute atomic E-state index is 6.07. The number of guanidine groups is 1. The lowest BCUT2D eigenvalue weighted by atomic mass is 10.0. The first-order valence-corrected chi connectivity index (χ1v) is 10.4. The van der Waals surface area contributed by atoms with E-state index in [1.54, 1.807) is 14.2 Å². The SMILES string of the molecule is COc1ccc(NC(N)=NCCCN2CCN(C)CC2c2ccccc2)cc1OC.I. The molecule has 0 radical (unpaired) electrons. The molecule has 2 aromatic carbocycles. The van der Waals surface area contributed by atoms with E-state index in [0.717, 1.165) is 38.3 Å². The van der Waals surface area contributed by atoms with Crippen molar-refractivity contribution in [3.8, 4) is 11.5 Å². The number of nitrogens with two attached hydrogens (primary N) is 1. The first kappa shape index (κ1) is 25.2. The number of nitrogens with one attached hydrogen (secondary N) is 1. The third-order valence-electron chi connectivity index (χ3n) is 5.42. The summed E-state index contributed by atoms with van der Waals surface area (Å²) in [6.07, 6.45) is 0.960. The van der Waals surface area contributed by atoms with E-state index in [1.807, 2.05) is 18.2 Å². The largest absolute Gasteiger partial charge is 0.493 e. The fourth-order valence-electron chi connectivity index (χ4n) is 3.79. The van der Waals surface area contributed by atoms with Crippen molar-refractivity contribution in [2.45, 2.75) is 12.5 Å². The number of ether oxygens (including phenoxy) is 2. The highest BCUT2D eigenvalue weighted by Gasteiger charge is 2.25. The van der Waals surface area contributed by atoms with Gasteiger partial charge in [0.15, 0.2) is 17.5 Å². The molecular weight excluding hydrogens is 505 g/mol. The van der Waals surface area contributed by atoms with Gasteiger partial charge in [-0.25, -0.2) is 0 Å². The Morgan fingerprint density at radius 1 is 1.10 bits per heavy atom. The Morgan fingerprint density at radius 2 is 1.84 bits per heavy atom. The van der Waals surface area contributed by atoms with Gasteiger partial charge in [-0.05, 0) is 31.2 Å². The Hall–Kier alpha value is -2.04. The summed E-state index contributed by atoms with van der Waals surface area (Å²) in [5, 5.41) is 3.12. The van der Waals surface area contributed by atoms with Crippen LogP contribution in [0.15, 0.2) is 53.5 Å². The van der Waals surface area contributed by atoms with Crippen LogP contribution in [0.4, 0.5) is 5.69 Å². The van der Waals surface area contributed by atoms with Crippen molar-refractivity contribution in [1.29, 1.82) is 0 Å². The van der Waals surface area contributed by atoms with Crippen molar-refractivity contribution in [2.24, 2.45) is 10.7 Å². The van der Waals surface area contributed by atoms with E-state index >= 15 is 0 Å². The second-order valence-electron chi connectivity index (χ2n) is 7.54. The van der Waals surface area contributed by atoms with Crippen LogP contribution in [0.25, 0.3) is 0 Å².